The molecule has 1 saturated heterocycles. The van der Waals surface area contributed by atoms with Crippen LogP contribution in [-0.4, -0.2) is 57.8 Å². The van der Waals surface area contributed by atoms with Crippen molar-refractivity contribution >= 4 is 33.2 Å². The summed E-state index contributed by atoms with van der Waals surface area (Å²) in [6.45, 7) is 0. The highest BCUT2D eigenvalue weighted by Crippen LogP contribution is 2.36. The van der Waals surface area contributed by atoms with Gasteiger partial charge in [-0.1, -0.05) is 30.0 Å². The Morgan fingerprint density at radius 3 is 2.65 bits per heavy atom. The second-order valence-corrected chi connectivity index (χ2v) is 9.75. The standard InChI is InChI=1S/C16H19N5O3S2/c22-15(10-25-16-17-18-19-21(16)13-6-7-13)20(12-4-2-1-3-5-12)14-8-9-26(23,24)11-14/h1-5,13-14H,6-11H2/t14-/m1/s1. The molecule has 1 saturated carbocycles. The number of carbonyl (C=O) groups is 1. The van der Waals surface area contributed by atoms with Gasteiger partial charge >= 0.3 is 0 Å². The Kier molecular flexibility index (Phi) is 4.70. The van der Waals surface area contributed by atoms with Gasteiger partial charge < -0.3 is 4.90 Å². The van der Waals surface area contributed by atoms with Crippen molar-refractivity contribution in [2.75, 3.05) is 22.2 Å². The van der Waals surface area contributed by atoms with E-state index >= 15 is 0 Å². The van der Waals surface area contributed by atoms with Crippen LogP contribution in [-0.2, 0) is 14.6 Å². The van der Waals surface area contributed by atoms with Crippen LogP contribution in [0.3, 0.4) is 0 Å². The Balaban J connectivity index is 1.51. The molecule has 26 heavy (non-hydrogen) atoms. The molecule has 1 aliphatic carbocycles. The number of rotatable bonds is 6. The van der Waals surface area contributed by atoms with Gasteiger partial charge in [0.05, 0.1) is 29.3 Å². The number of hydrogen-bond donors (Lipinski definition) is 0. The van der Waals surface area contributed by atoms with Crippen molar-refractivity contribution in [3.8, 4) is 0 Å². The minimum absolute atomic E-state index is 0.0120. The van der Waals surface area contributed by atoms with Crippen molar-refractivity contribution < 1.29 is 13.2 Å². The zero-order valence-corrected chi connectivity index (χ0v) is 15.7. The summed E-state index contributed by atoms with van der Waals surface area (Å²) in [7, 11) is -3.09. The molecule has 0 spiro atoms. The van der Waals surface area contributed by atoms with Gasteiger partial charge in [-0.15, -0.1) is 5.10 Å². The maximum absolute atomic E-state index is 13.0. The SMILES string of the molecule is O=C(CSc1nnnn1C1CC1)N(c1ccccc1)[C@@H]1CCS(=O)(=O)C1. The molecular weight excluding hydrogens is 374 g/mol. The van der Waals surface area contributed by atoms with E-state index < -0.39 is 9.84 Å². The average molecular weight is 393 g/mol. The second-order valence-electron chi connectivity index (χ2n) is 6.58. The Hall–Kier alpha value is -1.94. The van der Waals surface area contributed by atoms with Gasteiger partial charge in [-0.2, -0.15) is 0 Å². The number of thioether (sulfide) groups is 1. The van der Waals surface area contributed by atoms with Crippen molar-refractivity contribution in [2.45, 2.75) is 36.5 Å². The molecule has 1 aliphatic heterocycles. The van der Waals surface area contributed by atoms with Crippen molar-refractivity contribution in [3.63, 3.8) is 0 Å². The van der Waals surface area contributed by atoms with Crippen LogP contribution in [0.2, 0.25) is 0 Å². The summed E-state index contributed by atoms with van der Waals surface area (Å²) in [6, 6.07) is 9.25. The summed E-state index contributed by atoms with van der Waals surface area (Å²) in [5, 5.41) is 12.3. The molecule has 4 rings (SSSR count). The van der Waals surface area contributed by atoms with Crippen molar-refractivity contribution in [1.29, 1.82) is 0 Å². The third-order valence-electron chi connectivity index (χ3n) is 4.56. The summed E-state index contributed by atoms with van der Waals surface area (Å²) in [5.41, 5.74) is 0.724. The fraction of sp³-hybridized carbons (Fsp3) is 0.500. The van der Waals surface area contributed by atoms with Gasteiger partial charge in [-0.25, -0.2) is 13.1 Å². The first-order chi connectivity index (χ1) is 12.5. The van der Waals surface area contributed by atoms with Crippen LogP contribution in [0.25, 0.3) is 0 Å². The Morgan fingerprint density at radius 1 is 1.23 bits per heavy atom. The van der Waals surface area contributed by atoms with E-state index in [0.29, 0.717) is 17.6 Å². The average Bonchev–Trinajstić information content (AvgIpc) is 3.26. The maximum atomic E-state index is 13.0. The maximum Gasteiger partial charge on any atom is 0.237 e. The van der Waals surface area contributed by atoms with Crippen LogP contribution in [0.5, 0.6) is 0 Å². The van der Waals surface area contributed by atoms with Crippen LogP contribution in [0.4, 0.5) is 5.69 Å². The molecule has 1 aromatic carbocycles. The van der Waals surface area contributed by atoms with Crippen molar-refractivity contribution in [3.05, 3.63) is 30.3 Å². The molecule has 0 radical (unpaired) electrons. The fourth-order valence-electron chi connectivity index (χ4n) is 3.15. The monoisotopic (exact) mass is 393 g/mol. The molecule has 2 aromatic rings. The number of sulfone groups is 1. The lowest BCUT2D eigenvalue weighted by Crippen LogP contribution is -2.42. The highest BCUT2D eigenvalue weighted by molar-refractivity contribution is 7.99. The molecule has 1 atom stereocenters. The van der Waals surface area contributed by atoms with E-state index in [4.69, 9.17) is 0 Å². The molecule has 138 valence electrons. The molecule has 0 N–H and O–H groups in total. The van der Waals surface area contributed by atoms with E-state index in [9.17, 15) is 13.2 Å². The summed E-state index contributed by atoms with van der Waals surface area (Å²) in [6.07, 6.45) is 2.58. The van der Waals surface area contributed by atoms with Gasteiger partial charge in [0.15, 0.2) is 9.84 Å². The first-order valence-corrected chi connectivity index (χ1v) is 11.3. The van der Waals surface area contributed by atoms with Crippen LogP contribution in [0, 0.1) is 0 Å². The lowest BCUT2D eigenvalue weighted by Gasteiger charge is -2.28. The predicted molar refractivity (Wildman–Crippen MR) is 97.8 cm³/mol. The van der Waals surface area contributed by atoms with E-state index in [1.54, 1.807) is 9.58 Å². The number of hydrogen-bond acceptors (Lipinski definition) is 7. The number of carbonyl (C=O) groups excluding carboxylic acids is 1. The largest absolute Gasteiger partial charge is 0.308 e. The Bertz CT molecular complexity index is 896. The molecule has 10 heteroatoms. The molecule has 0 bridgehead atoms. The van der Waals surface area contributed by atoms with Gasteiger partial charge in [0, 0.05) is 5.69 Å². The topological polar surface area (TPSA) is 98.1 Å². The number of amides is 1. The summed E-state index contributed by atoms with van der Waals surface area (Å²) in [4.78, 5) is 14.6. The summed E-state index contributed by atoms with van der Waals surface area (Å²) < 4.78 is 25.6. The third-order valence-corrected chi connectivity index (χ3v) is 7.23. The van der Waals surface area contributed by atoms with E-state index in [-0.39, 0.29) is 29.2 Å². The summed E-state index contributed by atoms with van der Waals surface area (Å²) in [5.74, 6) is 0.173. The number of aromatic nitrogens is 4. The number of tetrazole rings is 1. The van der Waals surface area contributed by atoms with Gasteiger partial charge in [-0.05, 0) is 41.8 Å². The fourth-order valence-corrected chi connectivity index (χ4v) is 5.65. The van der Waals surface area contributed by atoms with E-state index in [1.165, 1.54) is 11.8 Å². The number of anilines is 1. The normalized spacial score (nSPS) is 21.6. The van der Waals surface area contributed by atoms with Crippen molar-refractivity contribution in [1.82, 2.24) is 20.2 Å². The van der Waals surface area contributed by atoms with Crippen LogP contribution < -0.4 is 4.90 Å². The molecule has 8 nitrogen and oxygen atoms in total. The first kappa shape index (κ1) is 17.5. The summed E-state index contributed by atoms with van der Waals surface area (Å²) >= 11 is 1.30. The highest BCUT2D eigenvalue weighted by atomic mass is 32.2. The molecular formula is C16H19N5O3S2. The van der Waals surface area contributed by atoms with E-state index in [2.05, 4.69) is 15.5 Å². The quantitative estimate of drug-likeness (QED) is 0.683. The Labute approximate surface area is 155 Å². The van der Waals surface area contributed by atoms with Crippen molar-refractivity contribution in [2.24, 2.45) is 0 Å². The second kappa shape index (κ2) is 6.99. The zero-order chi connectivity index (χ0) is 18.1. The minimum atomic E-state index is -3.09. The van der Waals surface area contributed by atoms with E-state index in [0.717, 1.165) is 18.5 Å². The van der Waals surface area contributed by atoms with Crippen LogP contribution in [0.1, 0.15) is 25.3 Å². The molecule has 2 aliphatic rings. The van der Waals surface area contributed by atoms with Gasteiger partial charge in [-0.3, -0.25) is 4.79 Å². The number of benzene rings is 1. The van der Waals surface area contributed by atoms with Gasteiger partial charge in [0.1, 0.15) is 0 Å². The molecule has 2 heterocycles. The number of para-hydroxylation sites is 1. The molecule has 1 amide bonds. The predicted octanol–water partition coefficient (Wildman–Crippen LogP) is 1.32. The van der Waals surface area contributed by atoms with Crippen LogP contribution >= 0.6 is 11.8 Å². The lowest BCUT2D eigenvalue weighted by atomic mass is 10.2. The third kappa shape index (κ3) is 3.75. The Morgan fingerprint density at radius 2 is 2.00 bits per heavy atom. The number of nitrogens with zero attached hydrogens (tertiary/aromatic N) is 5. The molecule has 2 fully saturated rings. The van der Waals surface area contributed by atoms with Gasteiger partial charge in [0.25, 0.3) is 0 Å². The van der Waals surface area contributed by atoms with Gasteiger partial charge in [0.2, 0.25) is 11.1 Å². The minimum Gasteiger partial charge on any atom is -0.308 e. The first-order valence-electron chi connectivity index (χ1n) is 8.52. The molecule has 1 aromatic heterocycles. The lowest BCUT2D eigenvalue weighted by molar-refractivity contribution is -0.116. The molecule has 0 unspecified atom stereocenters. The van der Waals surface area contributed by atoms with E-state index in [1.807, 2.05) is 30.3 Å². The van der Waals surface area contributed by atoms with Crippen LogP contribution in [0.15, 0.2) is 35.5 Å². The zero-order valence-electron chi connectivity index (χ0n) is 14.1. The smallest absolute Gasteiger partial charge is 0.237 e. The highest BCUT2D eigenvalue weighted by Gasteiger charge is 2.36.